The zero-order chi connectivity index (χ0) is 45.2. The van der Waals surface area contributed by atoms with Crippen LogP contribution in [-0.2, 0) is 19.5 Å². The van der Waals surface area contributed by atoms with Crippen LogP contribution in [0.15, 0.2) is 170 Å². The number of rotatable bonds is 8. The van der Waals surface area contributed by atoms with Crippen molar-refractivity contribution < 1.29 is 44.3 Å². The van der Waals surface area contributed by atoms with Gasteiger partial charge in [0.2, 0.25) is 0 Å². The molecule has 0 bridgehead atoms. The Kier molecular flexibility index (Phi) is 23.7. The molecule has 0 aliphatic heterocycles. The Hall–Kier alpha value is -4.44. The molecule has 9 aromatic rings. The largest absolute Gasteiger partial charge is 5.00 e. The molecule has 0 saturated carbocycles. The Morgan fingerprint density at radius 3 is 0.857 bits per heavy atom. The summed E-state index contributed by atoms with van der Waals surface area (Å²) in [6.45, 7) is 24.5. The van der Waals surface area contributed by atoms with E-state index in [9.17, 15) is 0 Å². The van der Waals surface area contributed by atoms with E-state index < -0.39 is 15.8 Å². The Morgan fingerprint density at radius 2 is 0.586 bits per heavy atom. The first-order chi connectivity index (χ1) is 30.7. The molecule has 0 amide bonds. The van der Waals surface area contributed by atoms with Gasteiger partial charge in [-0.05, 0) is 154 Å². The van der Waals surface area contributed by atoms with E-state index >= 15 is 0 Å². The van der Waals surface area contributed by atoms with E-state index in [2.05, 4.69) is 246 Å². The van der Waals surface area contributed by atoms with E-state index in [1.807, 2.05) is 0 Å². The summed E-state index contributed by atoms with van der Waals surface area (Å²) in [5, 5.41) is 13.6. The van der Waals surface area contributed by atoms with Crippen molar-refractivity contribution in [3.63, 3.8) is 0 Å². The SMILES string of the molecule is Cc1cc(C)cc(P(c2cc(C)cc(C)c2)c2ccc3ccccc3c2-c2c(P(c3cc(C)cc(C)c3)c3cc(C)cc(C)c3)ccc3ccccc23)c1.Cc1ccc(C(C)C)cc1.[CH3-].[CH3-].[CH3-].[Cl-].[Cl-].[Ru+5]. The van der Waals surface area contributed by atoms with Crippen LogP contribution >= 0.6 is 15.8 Å². The van der Waals surface area contributed by atoms with Crippen LogP contribution in [-0.4, -0.2) is 0 Å². The first-order valence-corrected chi connectivity index (χ1v) is 25.4. The fourth-order valence-electron chi connectivity index (χ4n) is 9.54. The molecular formula is C65H71Cl2P2Ru. The Labute approximate surface area is 451 Å². The predicted molar refractivity (Wildman–Crippen MR) is 307 cm³/mol. The zero-order valence-electron chi connectivity index (χ0n) is 43.7. The van der Waals surface area contributed by atoms with Gasteiger partial charge in [0.1, 0.15) is 0 Å². The van der Waals surface area contributed by atoms with Crippen molar-refractivity contribution in [1.82, 2.24) is 0 Å². The molecule has 70 heavy (non-hydrogen) atoms. The molecule has 0 atom stereocenters. The summed E-state index contributed by atoms with van der Waals surface area (Å²) in [6, 6.07) is 65.3. The monoisotopic (exact) mass is 1090 g/mol. The van der Waals surface area contributed by atoms with Crippen LogP contribution in [0.2, 0.25) is 0 Å². The molecule has 0 spiro atoms. The maximum atomic E-state index is 2.47. The standard InChI is InChI=1S/C52H48P2.C10H14.3CH3.2ClH.Ru/c1-33-21-34(2)26-43(25-33)53(44-27-35(3)22-36(4)28-44)49-19-17-41-13-9-11-15-47(41)51(49)52-48-16-12-10-14-42(48)18-20-50(52)54(45-29-37(5)23-38(6)30-45)46-31-39(7)24-40(8)32-46;1-8(2)10-6-4-9(3)5-7-10;;;;;;/h9-32H,1-8H3;4-8H,1-3H3;3*1H3;2*1H;/q;;3*-1;;;+5/p-2. The van der Waals surface area contributed by atoms with Gasteiger partial charge >= 0.3 is 19.5 Å². The molecule has 363 valence electrons. The van der Waals surface area contributed by atoms with Crippen LogP contribution in [0.3, 0.4) is 0 Å². The second kappa shape index (κ2) is 26.9. The first kappa shape index (κ1) is 61.7. The molecule has 0 aliphatic rings. The topological polar surface area (TPSA) is 0 Å². The Morgan fingerprint density at radius 1 is 0.314 bits per heavy atom. The normalized spacial score (nSPS) is 10.5. The third kappa shape index (κ3) is 13.9. The molecule has 0 fully saturated rings. The number of hydrogen-bond donors (Lipinski definition) is 0. The molecule has 9 aromatic carbocycles. The van der Waals surface area contributed by atoms with Crippen LogP contribution < -0.4 is 56.6 Å². The molecule has 0 N–H and O–H groups in total. The maximum Gasteiger partial charge on any atom is 5.00 e. The van der Waals surface area contributed by atoms with E-state index in [4.69, 9.17) is 0 Å². The number of hydrogen-bond acceptors (Lipinski definition) is 0. The summed E-state index contributed by atoms with van der Waals surface area (Å²) in [7, 11) is -1.87. The van der Waals surface area contributed by atoms with Crippen molar-refractivity contribution in [2.75, 3.05) is 0 Å². The molecule has 0 nitrogen and oxygen atoms in total. The van der Waals surface area contributed by atoms with Gasteiger partial charge in [-0.3, -0.25) is 0 Å². The summed E-state index contributed by atoms with van der Waals surface area (Å²) < 4.78 is 0. The molecule has 0 aromatic heterocycles. The third-order valence-electron chi connectivity index (χ3n) is 12.1. The summed E-state index contributed by atoms with van der Waals surface area (Å²) in [4.78, 5) is 0. The van der Waals surface area contributed by atoms with E-state index in [1.165, 1.54) is 120 Å². The quantitative estimate of drug-likeness (QED) is 0.0809. The average molecular weight is 1090 g/mol. The van der Waals surface area contributed by atoms with Crippen molar-refractivity contribution in [2.45, 2.75) is 82.1 Å². The molecule has 1 radical (unpaired) electrons. The fraction of sp³-hybridized carbons (Fsp3) is 0.185. The molecule has 5 heteroatoms. The Bertz CT molecular complexity index is 2780. The van der Waals surface area contributed by atoms with Crippen molar-refractivity contribution >= 4 is 69.2 Å². The Balaban J connectivity index is 0.000000942. The fourth-order valence-corrected chi connectivity index (χ4v) is 15.3. The number of aryl methyl sites for hydroxylation is 9. The first-order valence-electron chi connectivity index (χ1n) is 22.8. The second-order valence-electron chi connectivity index (χ2n) is 18.5. The average Bonchev–Trinajstić information content (AvgIpc) is 3.23. The van der Waals surface area contributed by atoms with Gasteiger partial charge in [0.15, 0.2) is 0 Å². The van der Waals surface area contributed by atoms with Crippen molar-refractivity contribution in [1.29, 1.82) is 0 Å². The predicted octanol–water partition coefficient (Wildman–Crippen LogP) is 10.1. The van der Waals surface area contributed by atoms with Gasteiger partial charge in [-0.15, -0.1) is 0 Å². The van der Waals surface area contributed by atoms with Gasteiger partial charge in [0.25, 0.3) is 0 Å². The van der Waals surface area contributed by atoms with E-state index in [0.717, 1.165) is 0 Å². The molecular weight excluding hydrogens is 1010 g/mol. The zero-order valence-corrected chi connectivity index (χ0v) is 48.8. The van der Waals surface area contributed by atoms with Gasteiger partial charge in [-0.1, -0.05) is 234 Å². The molecule has 0 aliphatic carbocycles. The summed E-state index contributed by atoms with van der Waals surface area (Å²) in [6.07, 6.45) is 0. The minimum absolute atomic E-state index is 0. The van der Waals surface area contributed by atoms with Crippen LogP contribution in [0.4, 0.5) is 0 Å². The molecule has 9 rings (SSSR count). The van der Waals surface area contributed by atoms with Gasteiger partial charge in [0.05, 0.1) is 0 Å². The molecule has 0 saturated heterocycles. The summed E-state index contributed by atoms with van der Waals surface area (Å²) >= 11 is 0. The van der Waals surface area contributed by atoms with Crippen LogP contribution in [0.1, 0.15) is 75.4 Å². The van der Waals surface area contributed by atoms with E-state index in [1.54, 1.807) is 0 Å². The maximum absolute atomic E-state index is 2.47. The van der Waals surface area contributed by atoms with E-state index in [-0.39, 0.29) is 66.6 Å². The molecule has 0 heterocycles. The molecule has 0 unspecified atom stereocenters. The smallest absolute Gasteiger partial charge is 1.00 e. The minimum atomic E-state index is -0.937. The van der Waals surface area contributed by atoms with Gasteiger partial charge in [0, 0.05) is 0 Å². The van der Waals surface area contributed by atoms with Gasteiger partial charge < -0.3 is 47.1 Å². The number of fused-ring (bicyclic) bond motifs is 2. The third-order valence-corrected chi connectivity index (χ3v) is 17.0. The van der Waals surface area contributed by atoms with Gasteiger partial charge in [-0.25, -0.2) is 0 Å². The summed E-state index contributed by atoms with van der Waals surface area (Å²) in [5.74, 6) is 0.653. The van der Waals surface area contributed by atoms with Crippen LogP contribution in [0, 0.1) is 84.6 Å². The van der Waals surface area contributed by atoms with Crippen molar-refractivity contribution in [3.8, 4) is 11.1 Å². The number of halogens is 2. The van der Waals surface area contributed by atoms with Crippen LogP contribution in [0.25, 0.3) is 32.7 Å². The number of benzene rings is 9. The van der Waals surface area contributed by atoms with Crippen LogP contribution in [0.5, 0.6) is 0 Å². The minimum Gasteiger partial charge on any atom is -1.00 e. The second-order valence-corrected chi connectivity index (χ2v) is 22.9. The van der Waals surface area contributed by atoms with Crippen molar-refractivity contribution in [2.24, 2.45) is 0 Å². The van der Waals surface area contributed by atoms with E-state index in [0.29, 0.717) is 5.92 Å². The van der Waals surface area contributed by atoms with Crippen molar-refractivity contribution in [3.05, 3.63) is 248 Å². The summed E-state index contributed by atoms with van der Waals surface area (Å²) in [5.41, 5.74) is 16.0. The van der Waals surface area contributed by atoms with Gasteiger partial charge in [-0.2, -0.15) is 0 Å².